The largest absolute Gasteiger partial charge is 0.497 e. The van der Waals surface area contributed by atoms with Gasteiger partial charge in [0.1, 0.15) is 10.7 Å². The lowest BCUT2D eigenvalue weighted by Crippen LogP contribution is -2.35. The summed E-state index contributed by atoms with van der Waals surface area (Å²) in [6.45, 7) is 3.28. The van der Waals surface area contributed by atoms with Gasteiger partial charge in [0.25, 0.3) is 0 Å². The van der Waals surface area contributed by atoms with Gasteiger partial charge in [-0.25, -0.2) is 0 Å². The van der Waals surface area contributed by atoms with E-state index < -0.39 is 0 Å². The fraction of sp³-hybridized carbons (Fsp3) is 0.533. The fourth-order valence-corrected chi connectivity index (χ4v) is 2.88. The van der Waals surface area contributed by atoms with Gasteiger partial charge in [0.2, 0.25) is 0 Å². The highest BCUT2D eigenvalue weighted by atomic mass is 32.1. The summed E-state index contributed by atoms with van der Waals surface area (Å²) in [4.78, 5) is 2.80. The van der Waals surface area contributed by atoms with E-state index in [0.29, 0.717) is 10.9 Å². The van der Waals surface area contributed by atoms with Crippen molar-refractivity contribution in [2.75, 3.05) is 39.1 Å². The van der Waals surface area contributed by atoms with Crippen LogP contribution in [0.4, 0.5) is 5.69 Å². The molecule has 1 unspecified atom stereocenters. The molecule has 1 aromatic rings. The van der Waals surface area contributed by atoms with Gasteiger partial charge in [-0.3, -0.25) is 0 Å². The van der Waals surface area contributed by atoms with E-state index in [0.717, 1.165) is 30.1 Å². The van der Waals surface area contributed by atoms with Gasteiger partial charge in [0, 0.05) is 30.4 Å². The van der Waals surface area contributed by atoms with Crippen molar-refractivity contribution in [1.29, 1.82) is 0 Å². The van der Waals surface area contributed by atoms with E-state index in [9.17, 15) is 0 Å². The van der Waals surface area contributed by atoms with Crippen LogP contribution in [0.15, 0.2) is 18.2 Å². The normalized spacial score (nSPS) is 19.6. The number of nitrogens with zero attached hydrogens (tertiary/aromatic N) is 1. The lowest BCUT2D eigenvalue weighted by atomic mass is 9.98. The number of hydrogen-bond acceptors (Lipinski definition) is 4. The van der Waals surface area contributed by atoms with Crippen LogP contribution in [-0.4, -0.2) is 43.7 Å². The van der Waals surface area contributed by atoms with E-state index >= 15 is 0 Å². The second kappa shape index (κ2) is 6.90. The van der Waals surface area contributed by atoms with E-state index in [1.807, 2.05) is 18.2 Å². The molecule has 0 bridgehead atoms. The third-order valence-electron chi connectivity index (χ3n) is 3.80. The predicted molar refractivity (Wildman–Crippen MR) is 87.6 cm³/mol. The van der Waals surface area contributed by atoms with Crippen LogP contribution in [0.3, 0.4) is 0 Å². The first-order chi connectivity index (χ1) is 9.60. The molecule has 0 amide bonds. The van der Waals surface area contributed by atoms with Gasteiger partial charge in [-0.15, -0.1) is 0 Å². The van der Waals surface area contributed by atoms with Gasteiger partial charge in [0.05, 0.1) is 7.11 Å². The second-order valence-electron chi connectivity index (χ2n) is 5.43. The lowest BCUT2D eigenvalue weighted by Gasteiger charge is -2.30. The fourth-order valence-electron chi connectivity index (χ4n) is 2.71. The highest BCUT2D eigenvalue weighted by Crippen LogP contribution is 2.24. The van der Waals surface area contributed by atoms with Crippen LogP contribution in [0.2, 0.25) is 0 Å². The van der Waals surface area contributed by atoms with Gasteiger partial charge >= 0.3 is 0 Å². The molecular weight excluding hydrogens is 270 g/mol. The molecule has 1 aliphatic heterocycles. The first-order valence-electron chi connectivity index (χ1n) is 7.00. The molecule has 0 aromatic heterocycles. The standard InChI is InChI=1S/C15H23N3OS/c1-18-7-3-4-11(10-18)9-17-14-8-12(19-2)5-6-13(14)15(16)20/h5-6,8,11,17H,3-4,7,9-10H2,1-2H3,(H2,16,20). The Bertz CT molecular complexity index is 478. The lowest BCUT2D eigenvalue weighted by molar-refractivity contribution is 0.217. The van der Waals surface area contributed by atoms with Gasteiger partial charge in [0.15, 0.2) is 0 Å². The summed E-state index contributed by atoms with van der Waals surface area (Å²) in [5.41, 5.74) is 7.62. The molecule has 1 saturated heterocycles. The summed E-state index contributed by atoms with van der Waals surface area (Å²) < 4.78 is 5.27. The predicted octanol–water partition coefficient (Wildman–Crippen LogP) is 2.08. The minimum Gasteiger partial charge on any atom is -0.497 e. The Morgan fingerprint density at radius 2 is 2.35 bits per heavy atom. The molecule has 0 saturated carbocycles. The van der Waals surface area contributed by atoms with Crippen molar-refractivity contribution in [3.63, 3.8) is 0 Å². The van der Waals surface area contributed by atoms with Crippen molar-refractivity contribution in [3.05, 3.63) is 23.8 Å². The van der Waals surface area contributed by atoms with Crippen LogP contribution in [0.1, 0.15) is 18.4 Å². The zero-order valence-corrected chi connectivity index (χ0v) is 13.0. The van der Waals surface area contributed by atoms with E-state index in [-0.39, 0.29) is 0 Å². The Labute approximate surface area is 126 Å². The monoisotopic (exact) mass is 293 g/mol. The van der Waals surface area contributed by atoms with Crippen molar-refractivity contribution >= 4 is 22.9 Å². The summed E-state index contributed by atoms with van der Waals surface area (Å²) in [6.07, 6.45) is 2.53. The molecule has 4 nitrogen and oxygen atoms in total. The van der Waals surface area contributed by atoms with Crippen molar-refractivity contribution in [1.82, 2.24) is 4.90 Å². The van der Waals surface area contributed by atoms with Gasteiger partial charge in [-0.2, -0.15) is 0 Å². The number of ether oxygens (including phenoxy) is 1. The van der Waals surface area contributed by atoms with Gasteiger partial charge in [-0.05, 0) is 44.5 Å². The number of thiocarbonyl (C=S) groups is 1. The third kappa shape index (κ3) is 3.84. The minimum absolute atomic E-state index is 0.413. The van der Waals surface area contributed by atoms with Crippen LogP contribution in [0.25, 0.3) is 0 Å². The molecule has 1 fully saturated rings. The molecule has 1 heterocycles. The molecule has 5 heteroatoms. The molecule has 3 N–H and O–H groups in total. The number of methoxy groups -OCH3 is 1. The first kappa shape index (κ1) is 15.1. The van der Waals surface area contributed by atoms with Crippen molar-refractivity contribution in [2.45, 2.75) is 12.8 Å². The third-order valence-corrected chi connectivity index (χ3v) is 4.02. The number of rotatable bonds is 5. The van der Waals surface area contributed by atoms with Crippen LogP contribution in [-0.2, 0) is 0 Å². The number of nitrogens with one attached hydrogen (secondary N) is 1. The van der Waals surface area contributed by atoms with Crippen LogP contribution < -0.4 is 15.8 Å². The Balaban J connectivity index is 2.05. The minimum atomic E-state index is 0.413. The average molecular weight is 293 g/mol. The summed E-state index contributed by atoms with van der Waals surface area (Å²) >= 11 is 5.11. The Hall–Kier alpha value is -1.33. The zero-order valence-electron chi connectivity index (χ0n) is 12.2. The van der Waals surface area contributed by atoms with Crippen LogP contribution in [0.5, 0.6) is 5.75 Å². The topological polar surface area (TPSA) is 50.5 Å². The van der Waals surface area contributed by atoms with E-state index in [4.69, 9.17) is 22.7 Å². The van der Waals surface area contributed by atoms with E-state index in [1.54, 1.807) is 7.11 Å². The van der Waals surface area contributed by atoms with E-state index in [2.05, 4.69) is 17.3 Å². The SMILES string of the molecule is COc1ccc(C(N)=S)c(NCC2CCCN(C)C2)c1. The summed E-state index contributed by atoms with van der Waals surface area (Å²) in [5.74, 6) is 1.48. The summed E-state index contributed by atoms with van der Waals surface area (Å²) in [5, 5.41) is 3.49. The Morgan fingerprint density at radius 3 is 3.00 bits per heavy atom. The highest BCUT2D eigenvalue weighted by molar-refractivity contribution is 7.80. The van der Waals surface area contributed by atoms with Crippen LogP contribution >= 0.6 is 12.2 Å². The van der Waals surface area contributed by atoms with E-state index in [1.165, 1.54) is 19.4 Å². The number of nitrogens with two attached hydrogens (primary N) is 1. The zero-order chi connectivity index (χ0) is 14.5. The smallest absolute Gasteiger partial charge is 0.120 e. The van der Waals surface area contributed by atoms with Crippen molar-refractivity contribution in [2.24, 2.45) is 11.7 Å². The molecule has 1 aromatic carbocycles. The first-order valence-corrected chi connectivity index (χ1v) is 7.41. The molecule has 0 aliphatic carbocycles. The maximum absolute atomic E-state index is 5.78. The van der Waals surface area contributed by atoms with Gasteiger partial charge in [-0.1, -0.05) is 12.2 Å². The van der Waals surface area contributed by atoms with Crippen molar-refractivity contribution in [3.8, 4) is 5.75 Å². The molecular formula is C15H23N3OS. The van der Waals surface area contributed by atoms with Crippen molar-refractivity contribution < 1.29 is 4.74 Å². The summed E-state index contributed by atoms with van der Waals surface area (Å²) in [7, 11) is 3.84. The Kier molecular flexibility index (Phi) is 5.20. The Morgan fingerprint density at radius 1 is 1.55 bits per heavy atom. The molecule has 110 valence electrons. The number of anilines is 1. The molecule has 0 spiro atoms. The number of piperidine rings is 1. The molecule has 1 atom stereocenters. The number of likely N-dealkylation sites (tertiary alicyclic amines) is 1. The van der Waals surface area contributed by atoms with Crippen LogP contribution in [0, 0.1) is 5.92 Å². The second-order valence-corrected chi connectivity index (χ2v) is 5.87. The molecule has 2 rings (SSSR count). The molecule has 1 aliphatic rings. The van der Waals surface area contributed by atoms with Gasteiger partial charge < -0.3 is 20.7 Å². The highest BCUT2D eigenvalue weighted by Gasteiger charge is 2.17. The summed E-state index contributed by atoms with van der Waals surface area (Å²) in [6, 6.07) is 5.76. The quantitative estimate of drug-likeness (QED) is 0.814. The molecule has 20 heavy (non-hydrogen) atoms. The average Bonchev–Trinajstić information content (AvgIpc) is 2.44. The maximum atomic E-state index is 5.78. The number of benzene rings is 1. The maximum Gasteiger partial charge on any atom is 0.120 e. The number of hydrogen-bond donors (Lipinski definition) is 2. The molecule has 0 radical (unpaired) electrons.